The molecule has 2 aliphatic rings. The Labute approximate surface area is 125 Å². The molecule has 0 aromatic heterocycles. The van der Waals surface area contributed by atoms with Crippen molar-refractivity contribution in [2.75, 3.05) is 19.8 Å². The summed E-state index contributed by atoms with van der Waals surface area (Å²) in [6.45, 7) is 6.68. The molecule has 1 spiro atoms. The third-order valence-corrected chi connectivity index (χ3v) is 4.24. The lowest BCUT2D eigenvalue weighted by Crippen LogP contribution is -2.65. The summed E-state index contributed by atoms with van der Waals surface area (Å²) < 4.78 is 11.0. The van der Waals surface area contributed by atoms with E-state index < -0.39 is 29.1 Å². The molecule has 1 N–H and O–H groups in total. The molecule has 2 atom stereocenters. The number of ether oxygens (including phenoxy) is 2. The lowest BCUT2D eigenvalue weighted by Gasteiger charge is -2.51. The van der Waals surface area contributed by atoms with Gasteiger partial charge in [-0.05, 0) is 46.5 Å². The van der Waals surface area contributed by atoms with E-state index in [-0.39, 0.29) is 6.61 Å². The number of carboxylic acids is 1. The van der Waals surface area contributed by atoms with Crippen LogP contribution in [0, 0.1) is 5.92 Å². The van der Waals surface area contributed by atoms with Crippen LogP contribution in [0.1, 0.15) is 46.5 Å². The number of carboxylic acid groups (broad SMARTS) is 1. The zero-order chi connectivity index (χ0) is 15.7. The van der Waals surface area contributed by atoms with Crippen LogP contribution < -0.4 is 0 Å². The summed E-state index contributed by atoms with van der Waals surface area (Å²) in [5.41, 5.74) is -1.35. The Balaban J connectivity index is 2.28. The summed E-state index contributed by atoms with van der Waals surface area (Å²) in [4.78, 5) is 25.8. The zero-order valence-electron chi connectivity index (χ0n) is 13.1. The number of likely N-dealkylation sites (tertiary alicyclic amines) is 1. The molecule has 2 fully saturated rings. The van der Waals surface area contributed by atoms with Crippen LogP contribution in [0.15, 0.2) is 0 Å². The van der Waals surface area contributed by atoms with Crippen molar-refractivity contribution in [2.24, 2.45) is 5.92 Å². The molecule has 0 bridgehead atoms. The van der Waals surface area contributed by atoms with E-state index in [1.807, 2.05) is 20.8 Å². The fraction of sp³-hybridized carbons (Fsp3) is 0.867. The SMILES string of the molecule is CC(C)(C)OC(=O)N1CCCCC12COCCC2C(=O)O. The van der Waals surface area contributed by atoms with Gasteiger partial charge in [-0.25, -0.2) is 4.79 Å². The molecule has 6 nitrogen and oxygen atoms in total. The van der Waals surface area contributed by atoms with Crippen molar-refractivity contribution in [1.29, 1.82) is 0 Å². The number of amides is 1. The number of aliphatic carboxylic acids is 1. The van der Waals surface area contributed by atoms with Crippen molar-refractivity contribution in [3.63, 3.8) is 0 Å². The van der Waals surface area contributed by atoms with Crippen molar-refractivity contribution < 1.29 is 24.2 Å². The van der Waals surface area contributed by atoms with Gasteiger partial charge in [-0.15, -0.1) is 0 Å². The number of piperidine rings is 1. The highest BCUT2D eigenvalue weighted by atomic mass is 16.6. The monoisotopic (exact) mass is 299 g/mol. The first-order valence-electron chi connectivity index (χ1n) is 7.57. The molecular weight excluding hydrogens is 274 g/mol. The minimum atomic E-state index is -0.853. The van der Waals surface area contributed by atoms with Gasteiger partial charge < -0.3 is 14.6 Å². The fourth-order valence-electron chi connectivity index (χ4n) is 3.33. The van der Waals surface area contributed by atoms with Crippen LogP contribution in [0.2, 0.25) is 0 Å². The Morgan fingerprint density at radius 1 is 1.33 bits per heavy atom. The van der Waals surface area contributed by atoms with Gasteiger partial charge >= 0.3 is 12.1 Å². The lowest BCUT2D eigenvalue weighted by molar-refractivity contribution is -0.161. The first kappa shape index (κ1) is 16.1. The summed E-state index contributed by atoms with van der Waals surface area (Å²) in [6.07, 6.45) is 2.44. The summed E-state index contributed by atoms with van der Waals surface area (Å²) in [6, 6.07) is 0. The highest BCUT2D eigenvalue weighted by Gasteiger charge is 2.53. The smallest absolute Gasteiger partial charge is 0.410 e. The molecular formula is C15H25NO5. The average Bonchev–Trinajstić information content (AvgIpc) is 2.37. The summed E-state index contributed by atoms with van der Waals surface area (Å²) in [5.74, 6) is -1.44. The fourth-order valence-corrected chi connectivity index (χ4v) is 3.33. The minimum absolute atomic E-state index is 0.281. The first-order valence-corrected chi connectivity index (χ1v) is 7.57. The van der Waals surface area contributed by atoms with Gasteiger partial charge in [0.15, 0.2) is 0 Å². The van der Waals surface area contributed by atoms with E-state index in [9.17, 15) is 14.7 Å². The predicted molar refractivity (Wildman–Crippen MR) is 76.1 cm³/mol. The summed E-state index contributed by atoms with van der Waals surface area (Å²) in [5, 5.41) is 9.55. The second kappa shape index (κ2) is 5.83. The van der Waals surface area contributed by atoms with Gasteiger partial charge in [-0.2, -0.15) is 0 Å². The van der Waals surface area contributed by atoms with E-state index in [1.54, 1.807) is 4.90 Å². The molecule has 2 saturated heterocycles. The van der Waals surface area contributed by atoms with E-state index in [0.717, 1.165) is 12.8 Å². The maximum absolute atomic E-state index is 12.5. The highest BCUT2D eigenvalue weighted by molar-refractivity contribution is 5.75. The minimum Gasteiger partial charge on any atom is -0.481 e. The summed E-state index contributed by atoms with van der Waals surface area (Å²) >= 11 is 0. The number of nitrogens with zero attached hydrogens (tertiary/aromatic N) is 1. The number of carbonyl (C=O) groups is 2. The van der Waals surface area contributed by atoms with Gasteiger partial charge in [0.2, 0.25) is 0 Å². The Kier molecular flexibility index (Phi) is 4.46. The van der Waals surface area contributed by atoms with E-state index in [0.29, 0.717) is 26.0 Å². The Bertz CT molecular complexity index is 411. The molecule has 120 valence electrons. The Morgan fingerprint density at radius 3 is 2.67 bits per heavy atom. The number of rotatable bonds is 1. The molecule has 2 rings (SSSR count). The molecule has 0 aromatic rings. The van der Waals surface area contributed by atoms with Crippen LogP contribution in [0.5, 0.6) is 0 Å². The van der Waals surface area contributed by atoms with Crippen LogP contribution in [0.3, 0.4) is 0 Å². The van der Waals surface area contributed by atoms with E-state index in [1.165, 1.54) is 0 Å². The van der Waals surface area contributed by atoms with Crippen LogP contribution >= 0.6 is 0 Å². The van der Waals surface area contributed by atoms with Crippen molar-refractivity contribution >= 4 is 12.1 Å². The number of hydrogen-bond donors (Lipinski definition) is 1. The molecule has 21 heavy (non-hydrogen) atoms. The second-order valence-electron chi connectivity index (χ2n) is 6.92. The Morgan fingerprint density at radius 2 is 2.05 bits per heavy atom. The van der Waals surface area contributed by atoms with Crippen molar-refractivity contribution in [3.05, 3.63) is 0 Å². The van der Waals surface area contributed by atoms with Gasteiger partial charge in [0.05, 0.1) is 18.1 Å². The van der Waals surface area contributed by atoms with Gasteiger partial charge in [0.25, 0.3) is 0 Å². The maximum atomic E-state index is 12.5. The third-order valence-electron chi connectivity index (χ3n) is 4.24. The molecule has 2 unspecified atom stereocenters. The molecule has 0 saturated carbocycles. The molecule has 0 aliphatic carbocycles. The van der Waals surface area contributed by atoms with E-state index >= 15 is 0 Å². The molecule has 2 aliphatic heterocycles. The second-order valence-corrected chi connectivity index (χ2v) is 6.92. The number of carbonyl (C=O) groups excluding carboxylic acids is 1. The Hall–Kier alpha value is -1.30. The van der Waals surface area contributed by atoms with Crippen molar-refractivity contribution in [1.82, 2.24) is 4.90 Å². The van der Waals surface area contributed by atoms with Crippen LogP contribution in [0.4, 0.5) is 4.79 Å². The zero-order valence-corrected chi connectivity index (χ0v) is 13.1. The lowest BCUT2D eigenvalue weighted by atomic mass is 9.74. The van der Waals surface area contributed by atoms with Crippen molar-refractivity contribution in [2.45, 2.75) is 57.6 Å². The quantitative estimate of drug-likeness (QED) is 0.803. The van der Waals surface area contributed by atoms with Gasteiger partial charge in [-0.3, -0.25) is 9.69 Å². The molecule has 1 amide bonds. The average molecular weight is 299 g/mol. The van der Waals surface area contributed by atoms with Crippen LogP contribution in [-0.4, -0.2) is 53.0 Å². The maximum Gasteiger partial charge on any atom is 0.410 e. The molecule has 2 heterocycles. The highest BCUT2D eigenvalue weighted by Crippen LogP contribution is 2.40. The van der Waals surface area contributed by atoms with Crippen LogP contribution in [-0.2, 0) is 14.3 Å². The molecule has 6 heteroatoms. The van der Waals surface area contributed by atoms with Crippen molar-refractivity contribution in [3.8, 4) is 0 Å². The van der Waals surface area contributed by atoms with E-state index in [2.05, 4.69) is 0 Å². The summed E-state index contributed by atoms with van der Waals surface area (Å²) in [7, 11) is 0. The molecule has 0 aromatic carbocycles. The standard InChI is InChI=1S/C15H25NO5/c1-14(2,3)21-13(19)16-8-5-4-7-15(16)10-20-9-6-11(15)12(17)18/h11H,4-10H2,1-3H3,(H,17,18). The third kappa shape index (κ3) is 3.31. The van der Waals surface area contributed by atoms with Gasteiger partial charge in [-0.1, -0.05) is 0 Å². The van der Waals surface area contributed by atoms with Gasteiger partial charge in [0, 0.05) is 13.2 Å². The number of hydrogen-bond acceptors (Lipinski definition) is 4. The predicted octanol–water partition coefficient (Wildman–Crippen LogP) is 2.27. The largest absolute Gasteiger partial charge is 0.481 e. The van der Waals surface area contributed by atoms with Crippen LogP contribution in [0.25, 0.3) is 0 Å². The normalized spacial score (nSPS) is 30.2. The topological polar surface area (TPSA) is 76.1 Å². The van der Waals surface area contributed by atoms with E-state index in [4.69, 9.17) is 9.47 Å². The first-order chi connectivity index (χ1) is 9.76. The molecule has 0 radical (unpaired) electrons. The van der Waals surface area contributed by atoms with Gasteiger partial charge in [0.1, 0.15) is 5.60 Å².